The van der Waals surface area contributed by atoms with Crippen LogP contribution in [0.15, 0.2) is 37.1 Å². The van der Waals surface area contributed by atoms with Gasteiger partial charge in [-0.25, -0.2) is 14.8 Å². The number of carbonyl (C=O) groups is 1. The zero-order chi connectivity index (χ0) is 16.1. The molecule has 2 aromatic rings. The highest BCUT2D eigenvalue weighted by molar-refractivity contribution is 5.89. The van der Waals surface area contributed by atoms with Gasteiger partial charge in [0, 0.05) is 38.1 Å². The summed E-state index contributed by atoms with van der Waals surface area (Å²) < 4.78 is 1.93. The number of anilines is 2. The molecule has 1 aliphatic rings. The molecule has 1 fully saturated rings. The third-order valence-electron chi connectivity index (χ3n) is 3.86. The Morgan fingerprint density at radius 2 is 2.17 bits per heavy atom. The van der Waals surface area contributed by atoms with Crippen LogP contribution in [0.25, 0.3) is 0 Å². The first-order valence-corrected chi connectivity index (χ1v) is 7.95. The van der Waals surface area contributed by atoms with Gasteiger partial charge in [0.05, 0.1) is 18.2 Å². The SMILES string of the molecule is C[C@@H](Cn1ccnc1)NC(=O)Nc1ccc(N2CCCC2)nc1. The highest BCUT2D eigenvalue weighted by Gasteiger charge is 2.13. The third kappa shape index (κ3) is 4.21. The molecule has 3 rings (SSSR count). The molecule has 0 aliphatic carbocycles. The molecule has 122 valence electrons. The molecule has 2 aromatic heterocycles. The van der Waals surface area contributed by atoms with E-state index < -0.39 is 0 Å². The highest BCUT2D eigenvalue weighted by atomic mass is 16.2. The number of amides is 2. The minimum Gasteiger partial charge on any atom is -0.357 e. The summed E-state index contributed by atoms with van der Waals surface area (Å²) in [6.07, 6.45) is 9.47. The van der Waals surface area contributed by atoms with E-state index in [9.17, 15) is 4.79 Å². The number of rotatable bonds is 5. The summed E-state index contributed by atoms with van der Waals surface area (Å²) in [6, 6.07) is 3.62. The standard InChI is InChI=1S/C16H22N6O/c1-13(11-21-9-6-17-12-21)19-16(23)20-14-4-5-15(18-10-14)22-7-2-3-8-22/h4-6,9-10,12-13H,2-3,7-8,11H2,1H3,(H2,19,20,23)/t13-/m0/s1. The molecule has 7 heteroatoms. The fraction of sp³-hybridized carbons (Fsp3) is 0.438. The van der Waals surface area contributed by atoms with Crippen molar-refractivity contribution in [3.8, 4) is 0 Å². The van der Waals surface area contributed by atoms with Crippen LogP contribution < -0.4 is 15.5 Å². The summed E-state index contributed by atoms with van der Waals surface area (Å²) >= 11 is 0. The fourth-order valence-electron chi connectivity index (χ4n) is 2.74. The van der Waals surface area contributed by atoms with Crippen molar-refractivity contribution in [3.63, 3.8) is 0 Å². The number of hydrogen-bond acceptors (Lipinski definition) is 4. The van der Waals surface area contributed by atoms with Crippen LogP contribution in [0, 0.1) is 0 Å². The van der Waals surface area contributed by atoms with Gasteiger partial charge in [-0.05, 0) is 31.9 Å². The van der Waals surface area contributed by atoms with Gasteiger partial charge in [-0.3, -0.25) is 0 Å². The van der Waals surface area contributed by atoms with E-state index in [1.165, 1.54) is 12.8 Å². The number of aromatic nitrogens is 3. The molecule has 0 radical (unpaired) electrons. The molecule has 0 aromatic carbocycles. The molecule has 7 nitrogen and oxygen atoms in total. The van der Waals surface area contributed by atoms with Crippen molar-refractivity contribution in [1.29, 1.82) is 0 Å². The summed E-state index contributed by atoms with van der Waals surface area (Å²) in [5.41, 5.74) is 0.695. The molecule has 2 N–H and O–H groups in total. The van der Waals surface area contributed by atoms with Crippen LogP contribution in [-0.2, 0) is 6.54 Å². The summed E-state index contributed by atoms with van der Waals surface area (Å²) in [5.74, 6) is 0.974. The van der Waals surface area contributed by atoms with Gasteiger partial charge >= 0.3 is 6.03 Å². The average molecular weight is 314 g/mol. The van der Waals surface area contributed by atoms with Gasteiger partial charge in [0.15, 0.2) is 0 Å². The maximum absolute atomic E-state index is 12.0. The number of carbonyl (C=O) groups excluding carboxylic acids is 1. The second-order valence-electron chi connectivity index (χ2n) is 5.86. The lowest BCUT2D eigenvalue weighted by Gasteiger charge is -2.17. The van der Waals surface area contributed by atoms with Gasteiger partial charge < -0.3 is 20.1 Å². The zero-order valence-corrected chi connectivity index (χ0v) is 13.3. The molecule has 2 amide bonds. The van der Waals surface area contributed by atoms with Gasteiger partial charge in [-0.1, -0.05) is 0 Å². The van der Waals surface area contributed by atoms with E-state index in [0.717, 1.165) is 18.9 Å². The second kappa shape index (κ2) is 7.13. The minimum atomic E-state index is -0.228. The van der Waals surface area contributed by atoms with Crippen molar-refractivity contribution in [2.45, 2.75) is 32.4 Å². The van der Waals surface area contributed by atoms with E-state index in [0.29, 0.717) is 12.2 Å². The summed E-state index contributed by atoms with van der Waals surface area (Å²) in [6.45, 7) is 4.76. The Morgan fingerprint density at radius 1 is 1.35 bits per heavy atom. The lowest BCUT2D eigenvalue weighted by Crippen LogP contribution is -2.38. The number of nitrogens with one attached hydrogen (secondary N) is 2. The molecular formula is C16H22N6O. The Kier molecular flexibility index (Phi) is 4.75. The van der Waals surface area contributed by atoms with Gasteiger partial charge in [-0.15, -0.1) is 0 Å². The number of urea groups is 1. The predicted molar refractivity (Wildman–Crippen MR) is 89.5 cm³/mol. The van der Waals surface area contributed by atoms with Crippen molar-refractivity contribution in [2.75, 3.05) is 23.3 Å². The van der Waals surface area contributed by atoms with Crippen molar-refractivity contribution >= 4 is 17.5 Å². The highest BCUT2D eigenvalue weighted by Crippen LogP contribution is 2.18. The van der Waals surface area contributed by atoms with E-state index in [4.69, 9.17) is 0 Å². The number of pyridine rings is 1. The van der Waals surface area contributed by atoms with Crippen LogP contribution in [0.3, 0.4) is 0 Å². The molecule has 1 atom stereocenters. The minimum absolute atomic E-state index is 0.000956. The van der Waals surface area contributed by atoms with Crippen LogP contribution in [0.1, 0.15) is 19.8 Å². The lowest BCUT2D eigenvalue weighted by molar-refractivity contribution is 0.248. The van der Waals surface area contributed by atoms with Crippen LogP contribution in [0.4, 0.5) is 16.3 Å². The Balaban J connectivity index is 1.49. The van der Waals surface area contributed by atoms with E-state index in [2.05, 4.69) is 25.5 Å². The number of nitrogens with zero attached hydrogens (tertiary/aromatic N) is 4. The van der Waals surface area contributed by atoms with E-state index in [1.807, 2.05) is 29.8 Å². The van der Waals surface area contributed by atoms with Gasteiger partial charge in [0.2, 0.25) is 0 Å². The predicted octanol–water partition coefficient (Wildman–Crippen LogP) is 2.09. The Bertz CT molecular complexity index is 619. The summed E-state index contributed by atoms with van der Waals surface area (Å²) in [4.78, 5) is 22.7. The van der Waals surface area contributed by atoms with Crippen molar-refractivity contribution in [1.82, 2.24) is 19.9 Å². The Labute approximate surface area is 135 Å². The quantitative estimate of drug-likeness (QED) is 0.886. The molecule has 1 saturated heterocycles. The smallest absolute Gasteiger partial charge is 0.319 e. The molecule has 1 aliphatic heterocycles. The Hall–Kier alpha value is -2.57. The summed E-state index contributed by atoms with van der Waals surface area (Å²) in [7, 11) is 0. The van der Waals surface area contributed by atoms with E-state index >= 15 is 0 Å². The maximum atomic E-state index is 12.0. The van der Waals surface area contributed by atoms with Crippen LogP contribution in [0.2, 0.25) is 0 Å². The lowest BCUT2D eigenvalue weighted by atomic mass is 10.3. The monoisotopic (exact) mass is 314 g/mol. The van der Waals surface area contributed by atoms with E-state index in [-0.39, 0.29) is 12.1 Å². The average Bonchev–Trinajstić information content (AvgIpc) is 3.20. The topological polar surface area (TPSA) is 75.1 Å². The van der Waals surface area contributed by atoms with Crippen molar-refractivity contribution < 1.29 is 4.79 Å². The molecule has 0 saturated carbocycles. The van der Waals surface area contributed by atoms with Crippen LogP contribution >= 0.6 is 0 Å². The Morgan fingerprint density at radius 3 is 2.83 bits per heavy atom. The van der Waals surface area contributed by atoms with E-state index in [1.54, 1.807) is 18.7 Å². The summed E-state index contributed by atoms with van der Waals surface area (Å²) in [5, 5.41) is 5.71. The fourth-order valence-corrected chi connectivity index (χ4v) is 2.74. The molecular weight excluding hydrogens is 292 g/mol. The van der Waals surface area contributed by atoms with Crippen LogP contribution in [0.5, 0.6) is 0 Å². The zero-order valence-electron chi connectivity index (χ0n) is 13.3. The first-order valence-electron chi connectivity index (χ1n) is 7.95. The second-order valence-corrected chi connectivity index (χ2v) is 5.86. The van der Waals surface area contributed by atoms with Crippen LogP contribution in [-0.4, -0.2) is 39.7 Å². The normalized spacial score (nSPS) is 15.4. The van der Waals surface area contributed by atoms with Gasteiger partial charge in [-0.2, -0.15) is 0 Å². The number of imidazole rings is 1. The number of hydrogen-bond donors (Lipinski definition) is 2. The van der Waals surface area contributed by atoms with Crippen molar-refractivity contribution in [3.05, 3.63) is 37.1 Å². The molecule has 0 unspecified atom stereocenters. The third-order valence-corrected chi connectivity index (χ3v) is 3.86. The first-order chi connectivity index (χ1) is 11.2. The van der Waals surface area contributed by atoms with Gasteiger partial charge in [0.1, 0.15) is 5.82 Å². The largest absolute Gasteiger partial charge is 0.357 e. The van der Waals surface area contributed by atoms with Gasteiger partial charge in [0.25, 0.3) is 0 Å². The van der Waals surface area contributed by atoms with Crippen molar-refractivity contribution in [2.24, 2.45) is 0 Å². The maximum Gasteiger partial charge on any atom is 0.319 e. The molecule has 0 bridgehead atoms. The first kappa shape index (κ1) is 15.3. The molecule has 23 heavy (non-hydrogen) atoms. The molecule has 0 spiro atoms. The molecule has 3 heterocycles.